The molecule has 1 saturated heterocycles. The summed E-state index contributed by atoms with van der Waals surface area (Å²) in [5.41, 5.74) is 8.55. The van der Waals surface area contributed by atoms with E-state index in [2.05, 4.69) is 50.7 Å². The average molecular weight is 532 g/mol. The first-order chi connectivity index (χ1) is 18.9. The standard InChI is InChI=1S/C29H37N7O3/c1-5-35-14-16-36(17-15-35)13-11-21-6-8-23(9-7-21)33-27-26-22(10-12-31-28(26)37)18-25(34-27)24(20(2)38-3)19-32-29(30)39-4/h6-10,12,18-19H,2,5,11,13-17H2,1,3-4H3,(H2,30,32)(H,31,37)(H,33,34)/b24-19+. The van der Waals surface area contributed by atoms with Gasteiger partial charge in [0.05, 0.1) is 30.9 Å². The van der Waals surface area contributed by atoms with Crippen LogP contribution in [0.1, 0.15) is 18.2 Å². The molecule has 1 aliphatic heterocycles. The molecule has 206 valence electrons. The number of H-pyrrole nitrogens is 1. The summed E-state index contributed by atoms with van der Waals surface area (Å²) in [6, 6.07) is 11.8. The van der Waals surface area contributed by atoms with Crippen LogP contribution in [0.15, 0.2) is 70.9 Å². The second-order valence-corrected chi connectivity index (χ2v) is 9.32. The lowest BCUT2D eigenvalue weighted by molar-refractivity contribution is 0.138. The number of ether oxygens (including phenoxy) is 2. The number of anilines is 2. The van der Waals surface area contributed by atoms with E-state index in [1.807, 2.05) is 18.2 Å². The van der Waals surface area contributed by atoms with E-state index in [1.165, 1.54) is 26.0 Å². The van der Waals surface area contributed by atoms with Crippen molar-refractivity contribution in [2.45, 2.75) is 13.3 Å². The Morgan fingerprint density at radius 3 is 2.54 bits per heavy atom. The number of amidine groups is 1. The van der Waals surface area contributed by atoms with Gasteiger partial charge in [-0.3, -0.25) is 4.79 Å². The van der Waals surface area contributed by atoms with Crippen LogP contribution < -0.4 is 16.6 Å². The zero-order chi connectivity index (χ0) is 27.8. The number of rotatable bonds is 10. The van der Waals surface area contributed by atoms with Crippen LogP contribution in [0.4, 0.5) is 11.5 Å². The van der Waals surface area contributed by atoms with Gasteiger partial charge in [0.1, 0.15) is 11.6 Å². The Morgan fingerprint density at radius 2 is 1.87 bits per heavy atom. The number of allylic oxidation sites excluding steroid dienone is 1. The molecule has 10 nitrogen and oxygen atoms in total. The summed E-state index contributed by atoms with van der Waals surface area (Å²) in [4.78, 5) is 29.4. The first-order valence-electron chi connectivity index (χ1n) is 13.1. The van der Waals surface area contributed by atoms with Crippen molar-refractivity contribution in [1.82, 2.24) is 19.8 Å². The summed E-state index contributed by atoms with van der Waals surface area (Å²) in [7, 11) is 2.94. The smallest absolute Gasteiger partial charge is 0.286 e. The summed E-state index contributed by atoms with van der Waals surface area (Å²) in [5.74, 6) is 0.746. The number of pyridine rings is 2. The van der Waals surface area contributed by atoms with Gasteiger partial charge in [0.25, 0.3) is 11.6 Å². The van der Waals surface area contributed by atoms with Crippen LogP contribution >= 0.6 is 0 Å². The maximum atomic E-state index is 12.8. The van der Waals surface area contributed by atoms with E-state index in [0.717, 1.165) is 51.4 Å². The van der Waals surface area contributed by atoms with E-state index in [0.29, 0.717) is 33.6 Å². The largest absolute Gasteiger partial charge is 0.497 e. The number of methoxy groups -OCH3 is 2. The van der Waals surface area contributed by atoms with Gasteiger partial charge >= 0.3 is 0 Å². The lowest BCUT2D eigenvalue weighted by Gasteiger charge is -2.34. The summed E-state index contributed by atoms with van der Waals surface area (Å²) < 4.78 is 10.3. The van der Waals surface area contributed by atoms with Gasteiger partial charge in [-0.2, -0.15) is 0 Å². The highest BCUT2D eigenvalue weighted by Crippen LogP contribution is 2.29. The van der Waals surface area contributed by atoms with Crippen molar-refractivity contribution in [2.75, 3.05) is 58.8 Å². The van der Waals surface area contributed by atoms with Gasteiger partial charge in [0, 0.05) is 50.8 Å². The van der Waals surface area contributed by atoms with Crippen LogP contribution in [0.25, 0.3) is 16.3 Å². The van der Waals surface area contributed by atoms with Crippen molar-refractivity contribution >= 4 is 33.9 Å². The fraction of sp³-hybridized carbons (Fsp3) is 0.345. The van der Waals surface area contributed by atoms with Crippen molar-refractivity contribution in [3.8, 4) is 0 Å². The number of hydrogen-bond acceptors (Lipinski definition) is 8. The Kier molecular flexibility index (Phi) is 9.35. The van der Waals surface area contributed by atoms with Crippen molar-refractivity contribution in [3.05, 3.63) is 82.7 Å². The van der Waals surface area contributed by atoms with Crippen molar-refractivity contribution in [2.24, 2.45) is 10.7 Å². The fourth-order valence-electron chi connectivity index (χ4n) is 4.52. The SMILES string of the molecule is C=C(OC)/C(=C\N=C(N)OC)c1cc2cc[nH]c(=O)c2c(Nc2ccc(CCN3CCN(CC)CC3)cc2)n1. The summed E-state index contributed by atoms with van der Waals surface area (Å²) >= 11 is 0. The molecular weight excluding hydrogens is 494 g/mol. The van der Waals surface area contributed by atoms with Crippen LogP contribution in [0.2, 0.25) is 0 Å². The molecule has 3 heterocycles. The number of likely N-dealkylation sites (N-methyl/N-ethyl adjacent to an activating group) is 1. The minimum absolute atomic E-state index is 0.0182. The number of nitrogens with zero attached hydrogens (tertiary/aromatic N) is 4. The molecule has 4 rings (SSSR count). The number of aliphatic imine (C=N–C) groups is 1. The summed E-state index contributed by atoms with van der Waals surface area (Å²) in [6.07, 6.45) is 4.07. The zero-order valence-corrected chi connectivity index (χ0v) is 22.9. The summed E-state index contributed by atoms with van der Waals surface area (Å²) in [5, 5.41) is 4.47. The van der Waals surface area contributed by atoms with Crippen LogP contribution in [0.3, 0.4) is 0 Å². The molecule has 0 unspecified atom stereocenters. The Bertz CT molecular complexity index is 1400. The molecule has 0 radical (unpaired) electrons. The number of fused-ring (bicyclic) bond motifs is 1. The Balaban J connectivity index is 1.58. The molecule has 1 aliphatic rings. The van der Waals surface area contributed by atoms with Crippen molar-refractivity contribution in [1.29, 1.82) is 0 Å². The molecule has 4 N–H and O–H groups in total. The van der Waals surface area contributed by atoms with Gasteiger partial charge < -0.3 is 35.3 Å². The number of aromatic nitrogens is 2. The van der Waals surface area contributed by atoms with Crippen LogP contribution in [-0.2, 0) is 15.9 Å². The second-order valence-electron chi connectivity index (χ2n) is 9.32. The molecule has 39 heavy (non-hydrogen) atoms. The molecule has 3 aromatic rings. The number of benzene rings is 1. The lowest BCUT2D eigenvalue weighted by Crippen LogP contribution is -2.46. The molecule has 10 heteroatoms. The topological polar surface area (TPSA) is 121 Å². The number of nitrogens with one attached hydrogen (secondary N) is 2. The normalized spacial score (nSPS) is 15.4. The van der Waals surface area contributed by atoms with E-state index in [-0.39, 0.29) is 11.6 Å². The van der Waals surface area contributed by atoms with Gasteiger partial charge in [-0.15, -0.1) is 0 Å². The first-order valence-corrected chi connectivity index (χ1v) is 13.1. The van der Waals surface area contributed by atoms with Gasteiger partial charge in [0.2, 0.25) is 0 Å². The van der Waals surface area contributed by atoms with Gasteiger partial charge in [-0.05, 0) is 48.2 Å². The van der Waals surface area contributed by atoms with Gasteiger partial charge in [-0.1, -0.05) is 25.6 Å². The van der Waals surface area contributed by atoms with Crippen LogP contribution in [0.5, 0.6) is 0 Å². The third-order valence-electron chi connectivity index (χ3n) is 6.95. The van der Waals surface area contributed by atoms with Gasteiger partial charge in [0.15, 0.2) is 0 Å². The third-order valence-corrected chi connectivity index (χ3v) is 6.95. The van der Waals surface area contributed by atoms with E-state index in [4.69, 9.17) is 20.2 Å². The molecule has 2 aromatic heterocycles. The molecule has 0 aliphatic carbocycles. The molecule has 1 fully saturated rings. The maximum Gasteiger partial charge on any atom is 0.286 e. The lowest BCUT2D eigenvalue weighted by atomic mass is 10.1. The summed E-state index contributed by atoms with van der Waals surface area (Å²) in [6.45, 7) is 12.9. The molecule has 0 spiro atoms. The van der Waals surface area contributed by atoms with Crippen molar-refractivity contribution < 1.29 is 9.47 Å². The van der Waals surface area contributed by atoms with Crippen molar-refractivity contribution in [3.63, 3.8) is 0 Å². The van der Waals surface area contributed by atoms with E-state index < -0.39 is 0 Å². The van der Waals surface area contributed by atoms with E-state index in [1.54, 1.807) is 12.3 Å². The highest BCUT2D eigenvalue weighted by atomic mass is 16.5. The molecule has 0 saturated carbocycles. The average Bonchev–Trinajstić information content (AvgIpc) is 2.96. The predicted molar refractivity (Wildman–Crippen MR) is 157 cm³/mol. The third kappa shape index (κ3) is 7.04. The fourth-order valence-corrected chi connectivity index (χ4v) is 4.52. The zero-order valence-electron chi connectivity index (χ0n) is 22.9. The molecule has 0 atom stereocenters. The Hall–Kier alpha value is -4.15. The molecule has 0 amide bonds. The highest BCUT2D eigenvalue weighted by molar-refractivity contribution is 5.95. The minimum Gasteiger partial charge on any atom is -0.497 e. The number of hydrogen-bond donors (Lipinski definition) is 3. The van der Waals surface area contributed by atoms with Crippen LogP contribution in [-0.4, -0.2) is 79.3 Å². The monoisotopic (exact) mass is 531 g/mol. The minimum atomic E-state index is -0.244. The van der Waals surface area contributed by atoms with E-state index >= 15 is 0 Å². The molecule has 0 bridgehead atoms. The number of aromatic amines is 1. The number of nitrogens with two attached hydrogens (primary N) is 1. The van der Waals surface area contributed by atoms with Crippen LogP contribution in [0, 0.1) is 0 Å². The second kappa shape index (κ2) is 13.1. The van der Waals surface area contributed by atoms with E-state index in [9.17, 15) is 4.79 Å². The highest BCUT2D eigenvalue weighted by Gasteiger charge is 2.16. The Labute approximate surface area is 228 Å². The first kappa shape index (κ1) is 27.9. The van der Waals surface area contributed by atoms with Gasteiger partial charge in [-0.25, -0.2) is 9.98 Å². The number of piperazine rings is 1. The molecular formula is C29H37N7O3. The maximum absolute atomic E-state index is 12.8. The quantitative estimate of drug-likeness (QED) is 0.158. The predicted octanol–water partition coefficient (Wildman–Crippen LogP) is 3.31. The Morgan fingerprint density at radius 1 is 1.15 bits per heavy atom. The molecule has 1 aromatic carbocycles.